The van der Waals surface area contributed by atoms with Crippen LogP contribution in [0, 0.1) is 5.92 Å². The number of alkyl carbamates (subject to hydrolysis) is 1. The number of hydrogen-bond donors (Lipinski definition) is 6. The molecule has 2 heterocycles. The van der Waals surface area contributed by atoms with E-state index < -0.39 is 71.9 Å². The van der Waals surface area contributed by atoms with Crippen LogP contribution in [0.25, 0.3) is 0 Å². The van der Waals surface area contributed by atoms with Gasteiger partial charge in [0.2, 0.25) is 11.8 Å². The van der Waals surface area contributed by atoms with Gasteiger partial charge in [0.05, 0.1) is 13.7 Å². The SMILES string of the molecule is COc1ccc(Cn2c(=O)ccn([C@@H]3O[C@H]([C@H](O)[C@H](NCCCNC(=O)[C@H](CC(C)C)NC(=O)OCc4ccccc4)C(=O)N(C)C)[C@@H](O)[C@H]3O)c2=O)cc1. The van der Waals surface area contributed by atoms with Crippen LogP contribution >= 0.6 is 0 Å². The van der Waals surface area contributed by atoms with Gasteiger partial charge < -0.3 is 50.4 Å². The average Bonchev–Trinajstić information content (AvgIpc) is 3.46. The molecule has 0 aliphatic carbocycles. The third-order valence-corrected chi connectivity index (χ3v) is 9.08. The molecule has 3 aromatic rings. The molecule has 1 aromatic heterocycles. The number of aromatic nitrogens is 2. The highest BCUT2D eigenvalue weighted by Gasteiger charge is 2.50. The lowest BCUT2D eigenvalue weighted by atomic mass is 9.98. The zero-order valence-electron chi connectivity index (χ0n) is 31.7. The number of likely N-dealkylation sites (N-methyl/N-ethyl adjacent to an activating group) is 1. The Morgan fingerprint density at radius 1 is 0.945 bits per heavy atom. The molecule has 1 fully saturated rings. The van der Waals surface area contributed by atoms with E-state index in [1.807, 2.05) is 44.2 Å². The van der Waals surface area contributed by atoms with E-state index in [-0.39, 0.29) is 32.2 Å². The van der Waals surface area contributed by atoms with E-state index in [0.717, 1.165) is 27.0 Å². The summed E-state index contributed by atoms with van der Waals surface area (Å²) in [6.07, 6.45) is -7.10. The second kappa shape index (κ2) is 20.0. The molecule has 1 aliphatic heterocycles. The number of aliphatic hydroxyl groups is 3. The Kier molecular flexibility index (Phi) is 15.5. The lowest BCUT2D eigenvalue weighted by Crippen LogP contribution is -2.57. The number of aliphatic hydroxyl groups excluding tert-OH is 3. The number of methoxy groups -OCH3 is 1. The van der Waals surface area contributed by atoms with Crippen molar-refractivity contribution in [3.05, 3.63) is 98.8 Å². The predicted octanol–water partition coefficient (Wildman–Crippen LogP) is -0.0592. The van der Waals surface area contributed by atoms with E-state index >= 15 is 0 Å². The number of carbonyl (C=O) groups is 3. The Hall–Kier alpha value is -5.07. The van der Waals surface area contributed by atoms with E-state index in [1.165, 1.54) is 26.1 Å². The standard InChI is InChI=1S/C38H52N6O11/c1-23(2)20-27(41-37(51)54-22-25-10-7-6-8-11-25)34(49)40-18-9-17-39-29(35(50)42(3)4)30(46)33-31(47)32(48)36(55-33)43-19-16-28(45)44(38(43)52)21-24-12-14-26(53-5)15-13-24/h6-8,10-16,19,23,27,29-33,36,39,46-48H,9,17-18,20-22H2,1-5H3,(H,40,49)(H,41,51)/t27-,29-,30+,31-,32+,33+,36+/m0/s1. The van der Waals surface area contributed by atoms with E-state index in [4.69, 9.17) is 14.2 Å². The molecular weight excluding hydrogens is 716 g/mol. The maximum Gasteiger partial charge on any atom is 0.408 e. The van der Waals surface area contributed by atoms with Crippen molar-refractivity contribution in [2.24, 2.45) is 5.92 Å². The number of carbonyl (C=O) groups excluding carboxylic acids is 3. The Labute approximate surface area is 318 Å². The van der Waals surface area contributed by atoms with Crippen LogP contribution in [0.5, 0.6) is 5.75 Å². The zero-order valence-corrected chi connectivity index (χ0v) is 31.7. The van der Waals surface area contributed by atoms with Gasteiger partial charge in [-0.25, -0.2) is 9.59 Å². The highest BCUT2D eigenvalue weighted by molar-refractivity contribution is 5.85. The third-order valence-electron chi connectivity index (χ3n) is 9.08. The van der Waals surface area contributed by atoms with Crippen molar-refractivity contribution in [2.45, 2.75) is 82.6 Å². The molecule has 0 saturated carbocycles. The van der Waals surface area contributed by atoms with Crippen LogP contribution < -0.4 is 31.9 Å². The number of nitrogens with zero attached hydrogens (tertiary/aromatic N) is 3. The Balaban J connectivity index is 1.36. The first-order valence-electron chi connectivity index (χ1n) is 18.1. The molecule has 2 aromatic carbocycles. The smallest absolute Gasteiger partial charge is 0.408 e. The fraction of sp³-hybridized carbons (Fsp3) is 0.500. The highest BCUT2D eigenvalue weighted by atomic mass is 16.6. The molecule has 0 radical (unpaired) electrons. The summed E-state index contributed by atoms with van der Waals surface area (Å²) in [6.45, 7) is 4.06. The molecule has 17 heteroatoms. The van der Waals surface area contributed by atoms with Gasteiger partial charge in [0.1, 0.15) is 48.9 Å². The maximum absolute atomic E-state index is 13.5. The first-order valence-corrected chi connectivity index (χ1v) is 18.1. The molecule has 300 valence electrons. The van der Waals surface area contributed by atoms with Gasteiger partial charge in [-0.2, -0.15) is 0 Å². The van der Waals surface area contributed by atoms with Crippen molar-refractivity contribution >= 4 is 17.9 Å². The second-order valence-corrected chi connectivity index (χ2v) is 13.9. The van der Waals surface area contributed by atoms with E-state index in [1.54, 1.807) is 24.3 Å². The van der Waals surface area contributed by atoms with Crippen molar-refractivity contribution in [3.8, 4) is 5.75 Å². The van der Waals surface area contributed by atoms with Crippen LogP contribution in [-0.2, 0) is 32.2 Å². The first kappa shape index (κ1) is 42.7. The summed E-state index contributed by atoms with van der Waals surface area (Å²) in [6, 6.07) is 14.8. The summed E-state index contributed by atoms with van der Waals surface area (Å²) >= 11 is 0. The minimum Gasteiger partial charge on any atom is -0.497 e. The second-order valence-electron chi connectivity index (χ2n) is 13.9. The molecule has 1 aliphatic rings. The number of hydrogen-bond acceptors (Lipinski definition) is 12. The monoisotopic (exact) mass is 768 g/mol. The summed E-state index contributed by atoms with van der Waals surface area (Å²) in [5.74, 6) is -0.305. The van der Waals surface area contributed by atoms with Crippen LogP contribution in [-0.4, -0.2) is 118 Å². The number of amides is 3. The van der Waals surface area contributed by atoms with Crippen LogP contribution in [0.3, 0.4) is 0 Å². The molecule has 17 nitrogen and oxygen atoms in total. The van der Waals surface area contributed by atoms with Gasteiger partial charge in [-0.15, -0.1) is 0 Å². The molecule has 0 unspecified atom stereocenters. The topological polar surface area (TPSA) is 223 Å². The van der Waals surface area contributed by atoms with Crippen LogP contribution in [0.2, 0.25) is 0 Å². The summed E-state index contributed by atoms with van der Waals surface area (Å²) in [7, 11) is 4.47. The number of rotatable bonds is 18. The molecule has 1 saturated heterocycles. The molecule has 4 rings (SSSR count). The number of nitrogens with one attached hydrogen (secondary N) is 3. The fourth-order valence-electron chi connectivity index (χ4n) is 6.09. The van der Waals surface area contributed by atoms with Crippen LogP contribution in [0.4, 0.5) is 4.79 Å². The molecule has 0 bridgehead atoms. The minimum atomic E-state index is -1.72. The maximum atomic E-state index is 13.5. The van der Waals surface area contributed by atoms with Gasteiger partial charge in [-0.05, 0) is 48.6 Å². The van der Waals surface area contributed by atoms with Crippen molar-refractivity contribution in [2.75, 3.05) is 34.3 Å². The van der Waals surface area contributed by atoms with E-state index in [0.29, 0.717) is 24.2 Å². The van der Waals surface area contributed by atoms with Gasteiger partial charge in [0.25, 0.3) is 5.56 Å². The van der Waals surface area contributed by atoms with E-state index in [2.05, 4.69) is 16.0 Å². The van der Waals surface area contributed by atoms with Crippen molar-refractivity contribution in [1.82, 2.24) is 30.0 Å². The highest BCUT2D eigenvalue weighted by Crippen LogP contribution is 2.31. The Bertz CT molecular complexity index is 1830. The van der Waals surface area contributed by atoms with E-state index in [9.17, 15) is 39.3 Å². The lowest BCUT2D eigenvalue weighted by molar-refractivity contribution is -0.141. The normalized spacial score (nSPS) is 19.7. The van der Waals surface area contributed by atoms with Gasteiger partial charge >= 0.3 is 11.8 Å². The quantitative estimate of drug-likeness (QED) is 0.0938. The average molecular weight is 769 g/mol. The van der Waals surface area contributed by atoms with Gasteiger partial charge in [0.15, 0.2) is 6.23 Å². The lowest BCUT2D eigenvalue weighted by Gasteiger charge is -2.30. The number of benzene rings is 2. The van der Waals surface area contributed by atoms with Gasteiger partial charge in [-0.3, -0.25) is 23.5 Å². The molecular formula is C38H52N6O11. The van der Waals surface area contributed by atoms with Gasteiger partial charge in [-0.1, -0.05) is 56.3 Å². The molecule has 3 amide bonds. The molecule has 55 heavy (non-hydrogen) atoms. The minimum absolute atomic E-state index is 0.0496. The summed E-state index contributed by atoms with van der Waals surface area (Å²) in [5, 5.41) is 41.8. The molecule has 6 N–H and O–H groups in total. The molecule has 7 atom stereocenters. The predicted molar refractivity (Wildman–Crippen MR) is 200 cm³/mol. The Morgan fingerprint density at radius 2 is 1.64 bits per heavy atom. The fourth-order valence-corrected chi connectivity index (χ4v) is 6.09. The Morgan fingerprint density at radius 3 is 2.27 bits per heavy atom. The van der Waals surface area contributed by atoms with Crippen molar-refractivity contribution in [3.63, 3.8) is 0 Å². The van der Waals surface area contributed by atoms with Gasteiger partial charge in [0, 0.05) is 32.9 Å². The summed E-state index contributed by atoms with van der Waals surface area (Å²) in [4.78, 5) is 66.1. The van der Waals surface area contributed by atoms with Crippen LogP contribution in [0.15, 0.2) is 76.4 Å². The van der Waals surface area contributed by atoms with Crippen molar-refractivity contribution < 1.29 is 43.9 Å². The molecule has 0 spiro atoms. The summed E-state index contributed by atoms with van der Waals surface area (Å²) < 4.78 is 18.2. The number of ether oxygens (including phenoxy) is 3. The largest absolute Gasteiger partial charge is 0.497 e. The van der Waals surface area contributed by atoms with Crippen molar-refractivity contribution in [1.29, 1.82) is 0 Å². The third kappa shape index (κ3) is 11.5. The first-order chi connectivity index (χ1) is 26.2. The zero-order chi connectivity index (χ0) is 40.2. The van der Waals surface area contributed by atoms with Crippen LogP contribution in [0.1, 0.15) is 44.0 Å². The summed E-state index contributed by atoms with van der Waals surface area (Å²) in [5.41, 5.74) is -0.00504.